The molecule has 80 valence electrons. The Morgan fingerprint density at radius 2 is 1.93 bits per heavy atom. The van der Waals surface area contributed by atoms with Crippen LogP contribution in [-0.2, 0) is 23.6 Å². The Labute approximate surface area is 108 Å². The predicted molar refractivity (Wildman–Crippen MR) is 47.3 cm³/mol. The molecule has 14 heavy (non-hydrogen) atoms. The average molecular weight is 234 g/mol. The van der Waals surface area contributed by atoms with Crippen LogP contribution in [0.2, 0.25) is 0 Å². The molecule has 0 saturated heterocycles. The molecule has 0 rings (SSSR count). The maximum Gasteiger partial charge on any atom is 1.00 e. The molecule has 7 heteroatoms. The Hall–Kier alpha value is 0.380. The maximum atomic E-state index is 10.8. The van der Waals surface area contributed by atoms with Gasteiger partial charge >= 0.3 is 45.9 Å². The van der Waals surface area contributed by atoms with Crippen LogP contribution in [-0.4, -0.2) is 21.5 Å². The molecule has 0 fully saturated rings. The number of hydrogen-bond acceptors (Lipinski definition) is 5. The van der Waals surface area contributed by atoms with Crippen molar-refractivity contribution in [2.75, 3.05) is 7.11 Å². The molecule has 0 aliphatic carbocycles. The normalized spacial score (nSPS) is 10.4. The van der Waals surface area contributed by atoms with Crippen molar-refractivity contribution >= 4 is 16.4 Å². The van der Waals surface area contributed by atoms with Crippen LogP contribution >= 0.6 is 0 Å². The summed E-state index contributed by atoms with van der Waals surface area (Å²) in [4.78, 5) is 10.8. The number of unbranched alkanes of at least 4 members (excludes halogenated alkanes) is 2. The molecule has 0 heterocycles. The molecule has 0 unspecified atom stereocenters. The van der Waals surface area contributed by atoms with Gasteiger partial charge in [0.1, 0.15) is 0 Å². The predicted octanol–water partition coefficient (Wildman–Crippen LogP) is -1.88. The van der Waals surface area contributed by atoms with Gasteiger partial charge in [-0.3, -0.25) is 4.79 Å². The fourth-order valence-corrected chi connectivity index (χ4v) is 1.09. The Balaban J connectivity index is -0.000000720. The van der Waals surface area contributed by atoms with Crippen LogP contribution in [0.15, 0.2) is 0 Å². The van der Waals surface area contributed by atoms with Crippen molar-refractivity contribution in [1.82, 2.24) is 0 Å². The quantitative estimate of drug-likeness (QED) is 0.397. The van der Waals surface area contributed by atoms with Gasteiger partial charge in [0, 0.05) is 6.42 Å². The van der Waals surface area contributed by atoms with E-state index in [1.54, 1.807) is 0 Å². The Morgan fingerprint density at radius 1 is 1.36 bits per heavy atom. The zero-order valence-electron chi connectivity index (χ0n) is 9.78. The summed E-state index contributed by atoms with van der Waals surface area (Å²) in [6.45, 7) is 1.98. The van der Waals surface area contributed by atoms with E-state index in [1.807, 2.05) is 6.92 Å². The summed E-state index contributed by atoms with van der Waals surface area (Å²) < 4.78 is 29.1. The van der Waals surface area contributed by atoms with Crippen LogP contribution in [0.4, 0.5) is 0 Å². The third-order valence-corrected chi connectivity index (χ3v) is 2.18. The summed E-state index contributed by atoms with van der Waals surface area (Å²) in [6.07, 6.45) is 2.58. The minimum Gasteiger partial charge on any atom is -1.00 e. The SMILES string of the molecule is CCCCCC(=O)OS(=O)(=O)OC.[H-].[Na+]. The first-order valence-corrected chi connectivity index (χ1v) is 5.38. The number of carbonyl (C=O) groups is 1. The van der Waals surface area contributed by atoms with E-state index in [2.05, 4.69) is 8.37 Å². The first-order chi connectivity index (χ1) is 6.02. The van der Waals surface area contributed by atoms with E-state index in [0.29, 0.717) is 6.42 Å². The van der Waals surface area contributed by atoms with E-state index in [9.17, 15) is 13.2 Å². The summed E-state index contributed by atoms with van der Waals surface area (Å²) in [5.74, 6) is -0.768. The zero-order chi connectivity index (χ0) is 10.3. The molecule has 0 aliphatic heterocycles. The molecule has 0 radical (unpaired) electrons. The Kier molecular flexibility index (Phi) is 10.4. The second kappa shape index (κ2) is 8.67. The smallest absolute Gasteiger partial charge is 1.00 e. The van der Waals surface area contributed by atoms with E-state index in [0.717, 1.165) is 20.0 Å². The van der Waals surface area contributed by atoms with Crippen LogP contribution in [0.5, 0.6) is 0 Å². The van der Waals surface area contributed by atoms with Crippen LogP contribution < -0.4 is 29.6 Å². The largest absolute Gasteiger partial charge is 1.00 e. The summed E-state index contributed by atoms with van der Waals surface area (Å²) in [6, 6.07) is 0. The average Bonchev–Trinajstić information content (AvgIpc) is 2.04. The van der Waals surface area contributed by atoms with Crippen molar-refractivity contribution in [1.29, 1.82) is 0 Å². The first-order valence-electron chi connectivity index (χ1n) is 4.04. The molecule has 5 nitrogen and oxygen atoms in total. The van der Waals surface area contributed by atoms with E-state index in [1.165, 1.54) is 0 Å². The van der Waals surface area contributed by atoms with Crippen molar-refractivity contribution < 1.29 is 52.6 Å². The van der Waals surface area contributed by atoms with Crippen LogP contribution in [0, 0.1) is 0 Å². The molecular formula is C7H15NaO5S. The van der Waals surface area contributed by atoms with Gasteiger partial charge in [-0.25, -0.2) is 4.18 Å². The van der Waals surface area contributed by atoms with Gasteiger partial charge in [-0.15, -0.1) is 0 Å². The van der Waals surface area contributed by atoms with Gasteiger partial charge in [0.25, 0.3) is 0 Å². The van der Waals surface area contributed by atoms with Gasteiger partial charge in [-0.1, -0.05) is 19.8 Å². The first kappa shape index (κ1) is 16.8. The number of carbonyl (C=O) groups excluding carboxylic acids is 1. The summed E-state index contributed by atoms with van der Waals surface area (Å²) >= 11 is 0. The zero-order valence-corrected chi connectivity index (χ0v) is 11.6. The molecule has 0 aromatic carbocycles. The van der Waals surface area contributed by atoms with Crippen molar-refractivity contribution in [3.8, 4) is 0 Å². The molecule has 0 amide bonds. The Morgan fingerprint density at radius 3 is 2.36 bits per heavy atom. The molecule has 0 aromatic rings. The van der Waals surface area contributed by atoms with Crippen molar-refractivity contribution in [3.05, 3.63) is 0 Å². The summed E-state index contributed by atoms with van der Waals surface area (Å²) in [7, 11) is -3.17. The molecule has 0 atom stereocenters. The molecule has 0 bridgehead atoms. The fourth-order valence-electron chi connectivity index (χ4n) is 0.709. The van der Waals surface area contributed by atoms with Crippen LogP contribution in [0.25, 0.3) is 0 Å². The van der Waals surface area contributed by atoms with E-state index >= 15 is 0 Å². The molecule has 0 aliphatic rings. The van der Waals surface area contributed by atoms with Gasteiger partial charge in [0.15, 0.2) is 0 Å². The Bertz CT molecular complexity index is 254. The van der Waals surface area contributed by atoms with E-state index in [4.69, 9.17) is 0 Å². The topological polar surface area (TPSA) is 69.7 Å². The summed E-state index contributed by atoms with van der Waals surface area (Å²) in [5, 5.41) is 0. The fraction of sp³-hybridized carbons (Fsp3) is 0.857. The standard InChI is InChI=1S/C7H14O5S.Na.H/c1-3-4-5-6-7(8)12-13(9,10)11-2;;/h3-6H2,1-2H3;;/q;+1;-1. The van der Waals surface area contributed by atoms with Gasteiger partial charge in [-0.2, -0.15) is 8.42 Å². The van der Waals surface area contributed by atoms with Gasteiger partial charge in [0.2, 0.25) is 0 Å². The summed E-state index contributed by atoms with van der Waals surface area (Å²) in [5.41, 5.74) is 0. The van der Waals surface area contributed by atoms with Gasteiger partial charge in [0.05, 0.1) is 7.11 Å². The molecule has 0 N–H and O–H groups in total. The third-order valence-electron chi connectivity index (χ3n) is 1.38. The number of hydrogen-bond donors (Lipinski definition) is 0. The van der Waals surface area contributed by atoms with E-state index < -0.39 is 16.4 Å². The third kappa shape index (κ3) is 8.96. The van der Waals surface area contributed by atoms with Crippen molar-refractivity contribution in [3.63, 3.8) is 0 Å². The molecule has 0 aromatic heterocycles. The van der Waals surface area contributed by atoms with Gasteiger partial charge < -0.3 is 5.61 Å². The van der Waals surface area contributed by atoms with E-state index in [-0.39, 0.29) is 37.4 Å². The van der Waals surface area contributed by atoms with Gasteiger partial charge in [-0.05, 0) is 6.42 Å². The van der Waals surface area contributed by atoms with Crippen LogP contribution in [0.1, 0.15) is 34.0 Å². The molecular weight excluding hydrogens is 219 g/mol. The second-order valence-corrected chi connectivity index (χ2v) is 3.80. The van der Waals surface area contributed by atoms with Crippen molar-refractivity contribution in [2.45, 2.75) is 32.6 Å². The minimum absolute atomic E-state index is 0. The second-order valence-electron chi connectivity index (χ2n) is 2.49. The molecule has 0 spiro atoms. The van der Waals surface area contributed by atoms with Crippen molar-refractivity contribution in [2.24, 2.45) is 0 Å². The number of rotatable bonds is 6. The maximum absolute atomic E-state index is 10.8. The van der Waals surface area contributed by atoms with Crippen LogP contribution in [0.3, 0.4) is 0 Å². The minimum atomic E-state index is -4.11. The monoisotopic (exact) mass is 234 g/mol. The molecule has 0 saturated carbocycles.